The Morgan fingerprint density at radius 3 is 2.45 bits per heavy atom. The van der Waals surface area contributed by atoms with Crippen molar-refractivity contribution in [3.05, 3.63) is 71.9 Å². The molecule has 232 valence electrons. The smallest absolute Gasteiger partial charge is 0.246 e. The molecule has 0 aliphatic carbocycles. The topological polar surface area (TPSA) is 190 Å². The van der Waals surface area contributed by atoms with Crippen molar-refractivity contribution in [2.24, 2.45) is 5.73 Å². The Labute approximate surface area is 254 Å². The van der Waals surface area contributed by atoms with Gasteiger partial charge in [0.05, 0.1) is 19.2 Å². The summed E-state index contributed by atoms with van der Waals surface area (Å²) in [6, 6.07) is 13.5. The number of aromatic amines is 1. The molecule has 0 radical (unpaired) electrons. The number of para-hydroxylation sites is 1. The Bertz CT molecular complexity index is 1530. The second kappa shape index (κ2) is 13.7. The molecule has 2 aliphatic rings. The van der Waals surface area contributed by atoms with Crippen LogP contribution in [0.2, 0.25) is 0 Å². The van der Waals surface area contributed by atoms with Crippen LogP contribution in [0.1, 0.15) is 17.5 Å². The molecule has 1 aromatic heterocycles. The van der Waals surface area contributed by atoms with E-state index in [1.54, 1.807) is 6.20 Å². The van der Waals surface area contributed by atoms with E-state index >= 15 is 0 Å². The first-order valence-electron chi connectivity index (χ1n) is 14.7. The second-order valence-electron chi connectivity index (χ2n) is 11.1. The lowest BCUT2D eigenvalue weighted by atomic mass is 10.0. The minimum absolute atomic E-state index is 0.00494. The average Bonchev–Trinajstić information content (AvgIpc) is 3.62. The number of hydrogen-bond acceptors (Lipinski definition) is 7. The fourth-order valence-electron chi connectivity index (χ4n) is 5.83. The van der Waals surface area contributed by atoms with Crippen LogP contribution < -0.4 is 21.7 Å². The van der Waals surface area contributed by atoms with Gasteiger partial charge in [-0.3, -0.25) is 24.0 Å². The van der Waals surface area contributed by atoms with Crippen molar-refractivity contribution in [2.45, 2.75) is 43.5 Å². The van der Waals surface area contributed by atoms with Gasteiger partial charge in [-0.05, 0) is 17.2 Å². The van der Waals surface area contributed by atoms with Crippen LogP contribution in [0.5, 0.6) is 0 Å². The summed E-state index contributed by atoms with van der Waals surface area (Å²) in [4.78, 5) is 72.6. The van der Waals surface area contributed by atoms with E-state index in [1.807, 2.05) is 54.6 Å². The maximum absolute atomic E-state index is 14.1. The number of nitrogens with zero attached hydrogens (tertiary/aromatic N) is 2. The van der Waals surface area contributed by atoms with Crippen molar-refractivity contribution in [1.29, 1.82) is 0 Å². The largest absolute Gasteiger partial charge is 0.391 e. The summed E-state index contributed by atoms with van der Waals surface area (Å²) >= 11 is 0. The number of amides is 5. The number of aliphatic hydroxyl groups is 1. The number of benzene rings is 2. The molecule has 13 heteroatoms. The molecule has 4 atom stereocenters. The van der Waals surface area contributed by atoms with Crippen LogP contribution in [0.15, 0.2) is 60.8 Å². The van der Waals surface area contributed by atoms with Crippen LogP contribution in [0, 0.1) is 0 Å². The van der Waals surface area contributed by atoms with Crippen molar-refractivity contribution in [3.8, 4) is 0 Å². The van der Waals surface area contributed by atoms with E-state index in [9.17, 15) is 29.1 Å². The molecule has 2 aromatic carbocycles. The van der Waals surface area contributed by atoms with Crippen LogP contribution in [-0.4, -0.2) is 106 Å². The molecule has 44 heavy (non-hydrogen) atoms. The van der Waals surface area contributed by atoms with Gasteiger partial charge in [0.1, 0.15) is 18.1 Å². The highest BCUT2D eigenvalue weighted by molar-refractivity contribution is 5.96. The van der Waals surface area contributed by atoms with Gasteiger partial charge in [-0.25, -0.2) is 0 Å². The SMILES string of the molecule is NCC(=O)N1CCNC(=O)[C@H](Cc2ccccc2)NC(=O)[C@@H]2C[C@@H](O)CN2C(=O)[C@@H](Cc2c[nH]c3ccccc23)NC(=O)C1. The van der Waals surface area contributed by atoms with Crippen LogP contribution >= 0.6 is 0 Å². The van der Waals surface area contributed by atoms with E-state index < -0.39 is 53.8 Å². The number of rotatable bonds is 5. The summed E-state index contributed by atoms with van der Waals surface area (Å²) in [5, 5.41) is 19.7. The second-order valence-corrected chi connectivity index (χ2v) is 11.1. The van der Waals surface area contributed by atoms with Crippen molar-refractivity contribution in [2.75, 3.05) is 32.7 Å². The average molecular weight is 604 g/mol. The molecular weight excluding hydrogens is 566 g/mol. The van der Waals surface area contributed by atoms with Crippen molar-refractivity contribution in [3.63, 3.8) is 0 Å². The molecule has 7 N–H and O–H groups in total. The maximum Gasteiger partial charge on any atom is 0.246 e. The van der Waals surface area contributed by atoms with Gasteiger partial charge in [-0.2, -0.15) is 0 Å². The van der Waals surface area contributed by atoms with E-state index in [0.717, 1.165) is 22.0 Å². The van der Waals surface area contributed by atoms with Crippen molar-refractivity contribution < 1.29 is 29.1 Å². The Morgan fingerprint density at radius 1 is 0.932 bits per heavy atom. The van der Waals surface area contributed by atoms with Crippen molar-refractivity contribution >= 4 is 40.4 Å². The molecule has 0 unspecified atom stereocenters. The van der Waals surface area contributed by atoms with Gasteiger partial charge in [-0.1, -0.05) is 48.5 Å². The molecule has 13 nitrogen and oxygen atoms in total. The molecule has 2 fully saturated rings. The summed E-state index contributed by atoms with van der Waals surface area (Å²) in [5.41, 5.74) is 8.03. The highest BCUT2D eigenvalue weighted by atomic mass is 16.3. The lowest BCUT2D eigenvalue weighted by Gasteiger charge is -2.30. The number of aliphatic hydroxyl groups excluding tert-OH is 1. The first-order valence-corrected chi connectivity index (χ1v) is 14.7. The van der Waals surface area contributed by atoms with Crippen LogP contribution in [0.25, 0.3) is 10.9 Å². The lowest BCUT2D eigenvalue weighted by Crippen LogP contribution is -2.57. The number of nitrogens with one attached hydrogen (secondary N) is 4. The number of nitrogens with two attached hydrogens (primary N) is 1. The quantitative estimate of drug-likeness (QED) is 0.211. The molecule has 5 rings (SSSR count). The van der Waals surface area contributed by atoms with Gasteiger partial charge in [-0.15, -0.1) is 0 Å². The zero-order chi connectivity index (χ0) is 31.2. The molecule has 3 heterocycles. The zero-order valence-electron chi connectivity index (χ0n) is 24.2. The standard InChI is InChI=1S/C31H37N7O6/c32-15-28(41)37-11-10-33-29(42)24(12-19-6-2-1-3-7-19)36-30(43)26-14-21(39)17-38(26)31(44)25(35-27(40)18-37)13-20-16-34-23-9-5-4-8-22(20)23/h1-9,16,21,24-26,34,39H,10-15,17-18,32H2,(H,33,42)(H,35,40)(H,36,43)/t21-,24+,25-,26+/m1/s1. The molecule has 0 spiro atoms. The van der Waals surface area contributed by atoms with Gasteiger partial charge >= 0.3 is 0 Å². The van der Waals surface area contributed by atoms with Gasteiger partial charge in [0.15, 0.2) is 0 Å². The van der Waals surface area contributed by atoms with Gasteiger partial charge in [0.2, 0.25) is 29.5 Å². The van der Waals surface area contributed by atoms with Gasteiger partial charge < -0.3 is 41.6 Å². The summed E-state index contributed by atoms with van der Waals surface area (Å²) in [7, 11) is 0. The minimum atomic E-state index is -1.11. The van der Waals surface area contributed by atoms with E-state index in [1.165, 1.54) is 9.80 Å². The van der Waals surface area contributed by atoms with E-state index in [0.29, 0.717) is 0 Å². The zero-order valence-corrected chi connectivity index (χ0v) is 24.2. The molecule has 3 aromatic rings. The Morgan fingerprint density at radius 2 is 1.68 bits per heavy atom. The van der Waals surface area contributed by atoms with Crippen LogP contribution in [0.4, 0.5) is 0 Å². The first-order chi connectivity index (χ1) is 21.2. The highest BCUT2D eigenvalue weighted by Gasteiger charge is 2.42. The molecule has 0 bridgehead atoms. The first kappa shape index (κ1) is 30.7. The number of hydrogen-bond donors (Lipinski definition) is 6. The normalized spacial score (nSPS) is 23.8. The summed E-state index contributed by atoms with van der Waals surface area (Å²) < 4.78 is 0. The summed E-state index contributed by atoms with van der Waals surface area (Å²) in [5.74, 6) is -2.74. The molecule has 5 amide bonds. The molecular formula is C31H37N7O6. The van der Waals surface area contributed by atoms with Crippen LogP contribution in [0.3, 0.4) is 0 Å². The Kier molecular flexibility index (Phi) is 9.56. The van der Waals surface area contributed by atoms with E-state index in [2.05, 4.69) is 20.9 Å². The fraction of sp³-hybridized carbons (Fsp3) is 0.387. The van der Waals surface area contributed by atoms with Crippen LogP contribution in [-0.2, 0) is 36.8 Å². The predicted octanol–water partition coefficient (Wildman–Crippen LogP) is -1.20. The monoisotopic (exact) mass is 603 g/mol. The third-order valence-electron chi connectivity index (χ3n) is 8.06. The van der Waals surface area contributed by atoms with E-state index in [4.69, 9.17) is 5.73 Å². The molecule has 2 saturated heterocycles. The predicted molar refractivity (Wildman–Crippen MR) is 161 cm³/mol. The Balaban J connectivity index is 1.48. The minimum Gasteiger partial charge on any atom is -0.391 e. The third-order valence-corrected chi connectivity index (χ3v) is 8.06. The maximum atomic E-state index is 14.1. The van der Waals surface area contributed by atoms with Gasteiger partial charge in [0, 0.05) is 56.0 Å². The van der Waals surface area contributed by atoms with E-state index in [-0.39, 0.29) is 52.0 Å². The molecule has 2 aliphatic heterocycles. The molecule has 0 saturated carbocycles. The highest BCUT2D eigenvalue weighted by Crippen LogP contribution is 2.23. The fourth-order valence-corrected chi connectivity index (χ4v) is 5.83. The van der Waals surface area contributed by atoms with Gasteiger partial charge in [0.25, 0.3) is 0 Å². The third kappa shape index (κ3) is 7.06. The number of H-pyrrole nitrogens is 1. The van der Waals surface area contributed by atoms with Crippen molar-refractivity contribution in [1.82, 2.24) is 30.7 Å². The summed E-state index contributed by atoms with van der Waals surface area (Å²) in [6.07, 6.45) is 1.03. The number of carbonyl (C=O) groups is 5. The lowest BCUT2D eigenvalue weighted by molar-refractivity contribution is -0.142. The Hall–Kier alpha value is -4.75. The summed E-state index contributed by atoms with van der Waals surface area (Å²) in [6.45, 7) is -0.863. The number of aromatic nitrogens is 1. The number of carbonyl (C=O) groups excluding carboxylic acids is 5. The number of fused-ring (bicyclic) bond motifs is 2.